The second-order valence-electron chi connectivity index (χ2n) is 11.4. The molecule has 1 aromatic rings. The molecule has 0 bridgehead atoms. The quantitative estimate of drug-likeness (QED) is 0.388. The lowest BCUT2D eigenvalue weighted by atomic mass is 9.87. The fraction of sp³-hybridized carbons (Fsp3) is 0.690. The molecule has 1 atom stereocenters. The average Bonchev–Trinajstić information content (AvgIpc) is 3.21. The number of carbonyl (C=O) groups excluding carboxylic acids is 3. The number of benzene rings is 1. The van der Waals surface area contributed by atoms with Crippen molar-refractivity contribution in [3.63, 3.8) is 0 Å². The Hall–Kier alpha value is -2.32. The highest BCUT2D eigenvalue weighted by molar-refractivity contribution is 6.05. The molecular weight excluding hydrogens is 471 g/mol. The summed E-state index contributed by atoms with van der Waals surface area (Å²) < 4.78 is 15.1. The first kappa shape index (κ1) is 26.3. The van der Waals surface area contributed by atoms with Crippen molar-refractivity contribution < 1.29 is 18.8 Å². The highest BCUT2D eigenvalue weighted by atomic mass is 19.1. The summed E-state index contributed by atoms with van der Waals surface area (Å²) in [5.74, 6) is -1.23. The van der Waals surface area contributed by atoms with Gasteiger partial charge in [-0.25, -0.2) is 4.39 Å². The van der Waals surface area contributed by atoms with E-state index in [0.29, 0.717) is 24.1 Å². The Morgan fingerprint density at radius 1 is 0.946 bits per heavy atom. The van der Waals surface area contributed by atoms with Gasteiger partial charge in [0.25, 0.3) is 5.91 Å². The Balaban J connectivity index is 1.07. The van der Waals surface area contributed by atoms with Crippen LogP contribution < -0.4 is 10.6 Å². The molecule has 202 valence electrons. The van der Waals surface area contributed by atoms with Gasteiger partial charge >= 0.3 is 0 Å². The molecule has 3 fully saturated rings. The highest BCUT2D eigenvalue weighted by Crippen LogP contribution is 2.35. The van der Waals surface area contributed by atoms with Crippen LogP contribution in [-0.4, -0.2) is 65.8 Å². The molecule has 1 saturated carbocycles. The summed E-state index contributed by atoms with van der Waals surface area (Å²) in [7, 11) is 0. The van der Waals surface area contributed by atoms with E-state index < -0.39 is 11.9 Å². The molecule has 2 saturated heterocycles. The summed E-state index contributed by atoms with van der Waals surface area (Å²) in [5.41, 5.74) is 1.84. The molecular formula is C29H41FN4O3. The lowest BCUT2D eigenvalue weighted by Crippen LogP contribution is -2.52. The number of nitrogens with one attached hydrogen (secondary N) is 2. The molecule has 7 nitrogen and oxygen atoms in total. The number of nitrogens with zero attached hydrogens (tertiary/aromatic N) is 2. The molecule has 3 amide bonds. The van der Waals surface area contributed by atoms with Gasteiger partial charge in [-0.2, -0.15) is 0 Å². The van der Waals surface area contributed by atoms with Crippen LogP contribution in [0.15, 0.2) is 12.1 Å². The second-order valence-corrected chi connectivity index (χ2v) is 11.4. The van der Waals surface area contributed by atoms with E-state index in [-0.39, 0.29) is 30.0 Å². The lowest BCUT2D eigenvalue weighted by molar-refractivity contribution is -0.136. The smallest absolute Gasteiger partial charge is 0.255 e. The predicted octanol–water partition coefficient (Wildman–Crippen LogP) is 3.86. The fourth-order valence-electron chi connectivity index (χ4n) is 6.64. The number of unbranched alkanes of at least 4 members (excludes halogenated alkanes) is 2. The van der Waals surface area contributed by atoms with Gasteiger partial charge in [0.1, 0.15) is 11.9 Å². The van der Waals surface area contributed by atoms with E-state index in [1.807, 2.05) is 6.07 Å². The van der Waals surface area contributed by atoms with Gasteiger partial charge in [0.2, 0.25) is 11.8 Å². The third-order valence-electron chi connectivity index (χ3n) is 8.86. The van der Waals surface area contributed by atoms with E-state index in [0.717, 1.165) is 50.6 Å². The zero-order chi connectivity index (χ0) is 25.8. The molecule has 3 heterocycles. The fourth-order valence-corrected chi connectivity index (χ4v) is 6.64. The Bertz CT molecular complexity index is 1000. The van der Waals surface area contributed by atoms with Crippen molar-refractivity contribution in [2.45, 2.75) is 102 Å². The topological polar surface area (TPSA) is 81.8 Å². The first-order chi connectivity index (χ1) is 18.0. The van der Waals surface area contributed by atoms with Crippen molar-refractivity contribution in [2.24, 2.45) is 0 Å². The number of hydrogen-bond donors (Lipinski definition) is 2. The first-order valence-corrected chi connectivity index (χ1v) is 14.4. The van der Waals surface area contributed by atoms with Gasteiger partial charge in [0.15, 0.2) is 0 Å². The van der Waals surface area contributed by atoms with Crippen molar-refractivity contribution in [3.8, 4) is 0 Å². The maximum absolute atomic E-state index is 15.1. The first-order valence-electron chi connectivity index (χ1n) is 14.4. The summed E-state index contributed by atoms with van der Waals surface area (Å²) in [6.07, 6.45) is 12.9. The van der Waals surface area contributed by atoms with Gasteiger partial charge in [0.05, 0.1) is 0 Å². The minimum absolute atomic E-state index is 0.154. The predicted molar refractivity (Wildman–Crippen MR) is 140 cm³/mol. The van der Waals surface area contributed by atoms with E-state index in [9.17, 15) is 14.4 Å². The van der Waals surface area contributed by atoms with E-state index in [4.69, 9.17) is 0 Å². The normalized spacial score (nSPS) is 24.0. The van der Waals surface area contributed by atoms with E-state index >= 15 is 4.39 Å². The van der Waals surface area contributed by atoms with E-state index in [2.05, 4.69) is 15.5 Å². The number of carbonyl (C=O) groups is 3. The van der Waals surface area contributed by atoms with E-state index in [1.54, 1.807) is 0 Å². The maximum Gasteiger partial charge on any atom is 0.255 e. The van der Waals surface area contributed by atoms with Gasteiger partial charge in [-0.3, -0.25) is 19.7 Å². The molecule has 1 aliphatic carbocycles. The van der Waals surface area contributed by atoms with Crippen LogP contribution >= 0.6 is 0 Å². The highest BCUT2D eigenvalue weighted by Gasteiger charge is 2.40. The molecule has 3 aliphatic heterocycles. The van der Waals surface area contributed by atoms with Gasteiger partial charge < -0.3 is 15.1 Å². The zero-order valence-electron chi connectivity index (χ0n) is 21.9. The molecule has 0 aromatic heterocycles. The van der Waals surface area contributed by atoms with Crippen molar-refractivity contribution in [1.29, 1.82) is 0 Å². The average molecular weight is 513 g/mol. The number of halogens is 1. The van der Waals surface area contributed by atoms with Gasteiger partial charge in [0, 0.05) is 24.6 Å². The number of hydrogen-bond acceptors (Lipinski definition) is 5. The minimum atomic E-state index is -0.671. The van der Waals surface area contributed by atoms with Crippen LogP contribution in [0.25, 0.3) is 0 Å². The zero-order valence-corrected chi connectivity index (χ0v) is 21.9. The van der Waals surface area contributed by atoms with Crippen molar-refractivity contribution >= 4 is 17.7 Å². The molecule has 1 unspecified atom stereocenters. The second kappa shape index (κ2) is 12.0. The molecule has 0 spiro atoms. The lowest BCUT2D eigenvalue weighted by Gasteiger charge is -2.32. The Morgan fingerprint density at radius 2 is 1.73 bits per heavy atom. The SMILES string of the molecule is O=C1CCC(N2Cc3cc(C4CCN(CCCCCNC5CCCCC5)CC4)c(F)cc3C2=O)C(=O)N1. The van der Waals surface area contributed by atoms with Crippen LogP contribution in [0.4, 0.5) is 4.39 Å². The largest absolute Gasteiger partial charge is 0.322 e. The van der Waals surface area contributed by atoms with Crippen LogP contribution in [0.1, 0.15) is 104 Å². The Labute approximate surface area is 219 Å². The van der Waals surface area contributed by atoms with Crippen LogP contribution in [0.2, 0.25) is 0 Å². The Kier molecular flexibility index (Phi) is 8.55. The summed E-state index contributed by atoms with van der Waals surface area (Å²) in [6.45, 7) is 4.49. The number of amides is 3. The van der Waals surface area contributed by atoms with Crippen LogP contribution in [0, 0.1) is 5.82 Å². The van der Waals surface area contributed by atoms with Crippen LogP contribution in [0.5, 0.6) is 0 Å². The van der Waals surface area contributed by atoms with E-state index in [1.165, 1.54) is 62.3 Å². The van der Waals surface area contributed by atoms with Crippen molar-refractivity contribution in [2.75, 3.05) is 26.2 Å². The maximum atomic E-state index is 15.1. The Morgan fingerprint density at radius 3 is 2.49 bits per heavy atom. The molecule has 0 radical (unpaired) electrons. The van der Waals surface area contributed by atoms with Gasteiger partial charge in [-0.15, -0.1) is 0 Å². The number of rotatable bonds is 9. The number of imide groups is 1. The number of fused-ring (bicyclic) bond motifs is 1. The third kappa shape index (κ3) is 6.23. The molecule has 4 aliphatic rings. The van der Waals surface area contributed by atoms with Crippen LogP contribution in [0.3, 0.4) is 0 Å². The molecule has 5 rings (SSSR count). The molecule has 2 N–H and O–H groups in total. The molecule has 37 heavy (non-hydrogen) atoms. The summed E-state index contributed by atoms with van der Waals surface area (Å²) in [4.78, 5) is 40.7. The summed E-state index contributed by atoms with van der Waals surface area (Å²) in [6, 6.07) is 3.29. The monoisotopic (exact) mass is 512 g/mol. The van der Waals surface area contributed by atoms with Crippen molar-refractivity contribution in [1.82, 2.24) is 20.4 Å². The van der Waals surface area contributed by atoms with Gasteiger partial charge in [-0.1, -0.05) is 31.7 Å². The number of likely N-dealkylation sites (tertiary alicyclic amines) is 1. The molecule has 8 heteroatoms. The standard InChI is InChI=1S/C29H41FN4O3/c30-25-18-24-21(19-34(29(24)37)26-9-10-27(35)32-28(26)36)17-23(25)20-11-15-33(16-12-20)14-6-2-5-13-31-22-7-3-1-4-8-22/h17-18,20,22,26,31H,1-16,19H2,(H,32,35,36). The minimum Gasteiger partial charge on any atom is -0.322 e. The summed E-state index contributed by atoms with van der Waals surface area (Å²) >= 11 is 0. The van der Waals surface area contributed by atoms with Crippen LogP contribution in [-0.2, 0) is 16.1 Å². The van der Waals surface area contributed by atoms with Gasteiger partial charge in [-0.05, 0) is 94.2 Å². The molecule has 1 aromatic carbocycles. The van der Waals surface area contributed by atoms with Crippen molar-refractivity contribution in [3.05, 3.63) is 34.6 Å². The number of piperidine rings is 2. The third-order valence-corrected chi connectivity index (χ3v) is 8.86. The summed E-state index contributed by atoms with van der Waals surface area (Å²) in [5, 5.41) is 6.04.